The van der Waals surface area contributed by atoms with Crippen molar-refractivity contribution < 1.29 is 9.53 Å². The van der Waals surface area contributed by atoms with Crippen LogP contribution in [0.25, 0.3) is 21.6 Å². The number of aromatic nitrogens is 2. The monoisotopic (exact) mass is 315 g/mol. The average Bonchev–Trinajstić information content (AvgIpc) is 3.14. The lowest BCUT2D eigenvalue weighted by molar-refractivity contribution is 0.0901. The molecule has 3 aromatic rings. The number of amides is 1. The highest BCUT2D eigenvalue weighted by atomic mass is 32.1. The highest BCUT2D eigenvalue weighted by Gasteiger charge is 2.15. The zero-order valence-corrected chi connectivity index (χ0v) is 13.2. The number of thiazole rings is 1. The molecule has 5 nitrogen and oxygen atoms in total. The second kappa shape index (κ2) is 6.29. The van der Waals surface area contributed by atoms with Crippen molar-refractivity contribution in [1.82, 2.24) is 15.3 Å². The molecule has 3 rings (SSSR count). The van der Waals surface area contributed by atoms with Gasteiger partial charge in [0.25, 0.3) is 5.91 Å². The van der Waals surface area contributed by atoms with Crippen molar-refractivity contribution in [2.75, 3.05) is 13.7 Å². The van der Waals surface area contributed by atoms with Gasteiger partial charge >= 0.3 is 0 Å². The number of benzene rings is 1. The molecule has 114 valence electrons. The molecule has 0 aliphatic rings. The van der Waals surface area contributed by atoms with E-state index < -0.39 is 0 Å². The van der Waals surface area contributed by atoms with Crippen LogP contribution >= 0.6 is 11.3 Å². The Bertz CT molecular complexity index is 760. The minimum atomic E-state index is -0.178. The molecule has 1 aromatic carbocycles. The van der Waals surface area contributed by atoms with Crippen LogP contribution in [0.4, 0.5) is 0 Å². The Morgan fingerprint density at radius 2 is 2.27 bits per heavy atom. The zero-order valence-electron chi connectivity index (χ0n) is 12.4. The SMILES string of the molecule is COCC(C)NC(=O)c1csc(-c2cc3ccccc3[nH]2)n1. The summed E-state index contributed by atoms with van der Waals surface area (Å²) in [5.41, 5.74) is 2.42. The first-order valence-corrected chi connectivity index (χ1v) is 7.89. The summed E-state index contributed by atoms with van der Waals surface area (Å²) in [6.07, 6.45) is 0. The van der Waals surface area contributed by atoms with Gasteiger partial charge in [-0.3, -0.25) is 4.79 Å². The lowest BCUT2D eigenvalue weighted by Crippen LogP contribution is -2.35. The van der Waals surface area contributed by atoms with E-state index in [9.17, 15) is 4.79 Å². The molecule has 6 heteroatoms. The molecule has 0 radical (unpaired) electrons. The number of aromatic amines is 1. The number of carbonyl (C=O) groups excluding carboxylic acids is 1. The van der Waals surface area contributed by atoms with E-state index >= 15 is 0 Å². The van der Waals surface area contributed by atoms with Crippen LogP contribution in [0.5, 0.6) is 0 Å². The van der Waals surface area contributed by atoms with Crippen molar-refractivity contribution in [3.63, 3.8) is 0 Å². The van der Waals surface area contributed by atoms with E-state index in [1.165, 1.54) is 11.3 Å². The van der Waals surface area contributed by atoms with Crippen LogP contribution in [0.1, 0.15) is 17.4 Å². The summed E-state index contributed by atoms with van der Waals surface area (Å²) >= 11 is 1.45. The third-order valence-corrected chi connectivity index (χ3v) is 4.17. The molecule has 22 heavy (non-hydrogen) atoms. The molecule has 2 heterocycles. The number of hydrogen-bond acceptors (Lipinski definition) is 4. The van der Waals surface area contributed by atoms with Crippen LogP contribution in [0.3, 0.4) is 0 Å². The van der Waals surface area contributed by atoms with Gasteiger partial charge in [-0.1, -0.05) is 18.2 Å². The first kappa shape index (κ1) is 14.7. The zero-order chi connectivity index (χ0) is 15.5. The normalized spacial score (nSPS) is 12.5. The molecule has 0 saturated carbocycles. The molecule has 1 amide bonds. The largest absolute Gasteiger partial charge is 0.383 e. The fourth-order valence-electron chi connectivity index (χ4n) is 2.28. The van der Waals surface area contributed by atoms with E-state index in [0.717, 1.165) is 21.6 Å². The molecule has 2 aromatic heterocycles. The van der Waals surface area contributed by atoms with Gasteiger partial charge in [0.15, 0.2) is 0 Å². The van der Waals surface area contributed by atoms with Gasteiger partial charge in [-0.15, -0.1) is 11.3 Å². The Morgan fingerprint density at radius 3 is 3.05 bits per heavy atom. The van der Waals surface area contributed by atoms with Crippen LogP contribution in [0, 0.1) is 0 Å². The summed E-state index contributed by atoms with van der Waals surface area (Å²) in [7, 11) is 1.61. The van der Waals surface area contributed by atoms with E-state index in [1.807, 2.05) is 37.3 Å². The minimum Gasteiger partial charge on any atom is -0.383 e. The maximum absolute atomic E-state index is 12.1. The van der Waals surface area contributed by atoms with Crippen molar-refractivity contribution >= 4 is 28.1 Å². The van der Waals surface area contributed by atoms with Gasteiger partial charge in [-0.2, -0.15) is 0 Å². The highest BCUT2D eigenvalue weighted by Crippen LogP contribution is 2.26. The van der Waals surface area contributed by atoms with Crippen LogP contribution in [0.15, 0.2) is 35.7 Å². The number of H-pyrrole nitrogens is 1. The summed E-state index contributed by atoms with van der Waals surface area (Å²) in [5, 5.41) is 6.57. The van der Waals surface area contributed by atoms with Gasteiger partial charge < -0.3 is 15.0 Å². The van der Waals surface area contributed by atoms with Gasteiger partial charge in [0.2, 0.25) is 0 Å². The lowest BCUT2D eigenvalue weighted by atomic mass is 10.2. The molecule has 0 saturated heterocycles. The topological polar surface area (TPSA) is 67.0 Å². The van der Waals surface area contributed by atoms with E-state index in [0.29, 0.717) is 12.3 Å². The number of ether oxygens (including phenoxy) is 1. The maximum Gasteiger partial charge on any atom is 0.271 e. The molecular weight excluding hydrogens is 298 g/mol. The Balaban J connectivity index is 1.79. The van der Waals surface area contributed by atoms with Crippen LogP contribution < -0.4 is 5.32 Å². The summed E-state index contributed by atoms with van der Waals surface area (Å²) in [6.45, 7) is 2.37. The van der Waals surface area contributed by atoms with Crippen LogP contribution in [0.2, 0.25) is 0 Å². The van der Waals surface area contributed by atoms with Crippen molar-refractivity contribution in [2.24, 2.45) is 0 Å². The predicted octanol–water partition coefficient (Wildman–Crippen LogP) is 3.06. The Morgan fingerprint density at radius 1 is 1.45 bits per heavy atom. The molecule has 2 N–H and O–H groups in total. The molecule has 0 spiro atoms. The van der Waals surface area contributed by atoms with Crippen LogP contribution in [-0.2, 0) is 4.74 Å². The molecule has 0 bridgehead atoms. The summed E-state index contributed by atoms with van der Waals surface area (Å²) in [4.78, 5) is 19.9. The minimum absolute atomic E-state index is 0.0456. The Hall–Kier alpha value is -2.18. The Labute approximate surface area is 132 Å². The molecule has 0 aliphatic carbocycles. The first-order chi connectivity index (χ1) is 10.7. The fourth-order valence-corrected chi connectivity index (χ4v) is 3.05. The standard InChI is InChI=1S/C16H17N3O2S/c1-10(8-21-2)17-15(20)14-9-22-16(19-14)13-7-11-5-3-4-6-12(11)18-13/h3-7,9-10,18H,8H2,1-2H3,(H,17,20). The number of fused-ring (bicyclic) bond motifs is 1. The number of para-hydroxylation sites is 1. The van der Waals surface area contributed by atoms with Gasteiger partial charge in [-0.25, -0.2) is 4.98 Å². The fraction of sp³-hybridized carbons (Fsp3) is 0.250. The molecule has 1 atom stereocenters. The highest BCUT2D eigenvalue weighted by molar-refractivity contribution is 7.13. The Kier molecular flexibility index (Phi) is 4.22. The third-order valence-electron chi connectivity index (χ3n) is 3.29. The number of methoxy groups -OCH3 is 1. The number of carbonyl (C=O) groups is 1. The third kappa shape index (κ3) is 3.03. The van der Waals surface area contributed by atoms with E-state index in [4.69, 9.17) is 4.74 Å². The quantitative estimate of drug-likeness (QED) is 0.760. The average molecular weight is 315 g/mol. The number of rotatable bonds is 5. The predicted molar refractivity (Wildman–Crippen MR) is 88.2 cm³/mol. The van der Waals surface area contributed by atoms with Crippen molar-refractivity contribution in [3.05, 3.63) is 41.4 Å². The summed E-state index contributed by atoms with van der Waals surface area (Å²) < 4.78 is 5.01. The number of hydrogen-bond donors (Lipinski definition) is 2. The van der Waals surface area contributed by atoms with Crippen molar-refractivity contribution in [3.8, 4) is 10.7 Å². The second-order valence-corrected chi connectivity index (χ2v) is 6.00. The van der Waals surface area contributed by atoms with Gasteiger partial charge in [0.05, 0.1) is 12.3 Å². The van der Waals surface area contributed by atoms with Gasteiger partial charge in [0, 0.05) is 29.4 Å². The summed E-state index contributed by atoms with van der Waals surface area (Å²) in [6, 6.07) is 10.0. The van der Waals surface area contributed by atoms with Crippen molar-refractivity contribution in [2.45, 2.75) is 13.0 Å². The van der Waals surface area contributed by atoms with Gasteiger partial charge in [-0.05, 0) is 19.1 Å². The van der Waals surface area contributed by atoms with Crippen molar-refractivity contribution in [1.29, 1.82) is 0 Å². The molecule has 0 fully saturated rings. The van der Waals surface area contributed by atoms with E-state index in [2.05, 4.69) is 15.3 Å². The molecular formula is C16H17N3O2S. The van der Waals surface area contributed by atoms with E-state index in [1.54, 1.807) is 12.5 Å². The number of nitrogens with zero attached hydrogens (tertiary/aromatic N) is 1. The lowest BCUT2D eigenvalue weighted by Gasteiger charge is -2.11. The second-order valence-electron chi connectivity index (χ2n) is 5.14. The van der Waals surface area contributed by atoms with Gasteiger partial charge in [0.1, 0.15) is 10.7 Å². The smallest absolute Gasteiger partial charge is 0.271 e. The number of nitrogens with one attached hydrogen (secondary N) is 2. The summed E-state index contributed by atoms with van der Waals surface area (Å²) in [5.74, 6) is -0.178. The molecule has 1 unspecified atom stereocenters. The maximum atomic E-state index is 12.1. The van der Waals surface area contributed by atoms with Crippen LogP contribution in [-0.4, -0.2) is 35.6 Å². The molecule has 0 aliphatic heterocycles. The van der Waals surface area contributed by atoms with E-state index in [-0.39, 0.29) is 11.9 Å². The first-order valence-electron chi connectivity index (χ1n) is 7.01.